The monoisotopic (exact) mass is 461 g/mol. The van der Waals surface area contributed by atoms with Crippen molar-refractivity contribution in [1.82, 2.24) is 0 Å². The van der Waals surface area contributed by atoms with Gasteiger partial charge in [0.2, 0.25) is 0 Å². The standard InChI is InChI=1S/C25H23F4NO3/c1-14(2)33-22(31)13-32-21-9-15(3)23(28)25(24(21)29)30-12-18-10-17(7-8-20(18)27)16-5-4-6-19(26)11-16/h4-11,14,30H,12-13H2,1-3H3. The molecule has 0 aliphatic carbocycles. The molecule has 3 aromatic carbocycles. The molecule has 0 aliphatic heterocycles. The first-order valence-electron chi connectivity index (χ1n) is 10.2. The van der Waals surface area contributed by atoms with Crippen molar-refractivity contribution < 1.29 is 31.8 Å². The molecular weight excluding hydrogens is 438 g/mol. The summed E-state index contributed by atoms with van der Waals surface area (Å²) < 4.78 is 67.5. The molecule has 0 atom stereocenters. The number of carbonyl (C=O) groups is 1. The molecule has 33 heavy (non-hydrogen) atoms. The van der Waals surface area contributed by atoms with Crippen LogP contribution in [0.3, 0.4) is 0 Å². The Labute approximate surface area is 189 Å². The molecule has 0 heterocycles. The summed E-state index contributed by atoms with van der Waals surface area (Å²) in [6.45, 7) is 3.92. The molecule has 3 rings (SSSR count). The van der Waals surface area contributed by atoms with Crippen molar-refractivity contribution in [3.05, 3.63) is 82.9 Å². The summed E-state index contributed by atoms with van der Waals surface area (Å²) in [7, 11) is 0. The number of anilines is 1. The number of aryl methyl sites for hydroxylation is 1. The Bertz CT molecular complexity index is 1160. The Kier molecular flexibility index (Phi) is 7.58. The number of hydrogen-bond donors (Lipinski definition) is 1. The van der Waals surface area contributed by atoms with Gasteiger partial charge in [0.05, 0.1) is 6.10 Å². The number of hydrogen-bond acceptors (Lipinski definition) is 4. The van der Waals surface area contributed by atoms with E-state index in [9.17, 15) is 22.4 Å². The molecule has 4 nitrogen and oxygen atoms in total. The molecule has 0 fully saturated rings. The fraction of sp³-hybridized carbons (Fsp3) is 0.240. The van der Waals surface area contributed by atoms with Crippen molar-refractivity contribution in [2.24, 2.45) is 0 Å². The van der Waals surface area contributed by atoms with E-state index in [4.69, 9.17) is 9.47 Å². The molecule has 0 saturated carbocycles. The zero-order valence-electron chi connectivity index (χ0n) is 18.3. The van der Waals surface area contributed by atoms with Crippen LogP contribution in [-0.2, 0) is 16.1 Å². The SMILES string of the molecule is Cc1cc(OCC(=O)OC(C)C)c(F)c(NCc2cc(-c3cccc(F)c3)ccc2F)c1F. The maximum absolute atomic E-state index is 14.9. The second-order valence-corrected chi connectivity index (χ2v) is 7.69. The van der Waals surface area contributed by atoms with Crippen LogP contribution in [0.1, 0.15) is 25.0 Å². The highest BCUT2D eigenvalue weighted by molar-refractivity contribution is 5.71. The van der Waals surface area contributed by atoms with E-state index >= 15 is 0 Å². The van der Waals surface area contributed by atoms with Gasteiger partial charge in [-0.3, -0.25) is 0 Å². The van der Waals surface area contributed by atoms with Gasteiger partial charge in [0.25, 0.3) is 0 Å². The number of ether oxygens (including phenoxy) is 2. The Morgan fingerprint density at radius 1 is 0.970 bits per heavy atom. The van der Waals surface area contributed by atoms with E-state index in [2.05, 4.69) is 5.32 Å². The molecule has 3 aromatic rings. The third kappa shape index (κ3) is 6.03. The number of nitrogens with one attached hydrogen (secondary N) is 1. The number of carbonyl (C=O) groups excluding carboxylic acids is 1. The van der Waals surface area contributed by atoms with Crippen LogP contribution >= 0.6 is 0 Å². The van der Waals surface area contributed by atoms with Crippen molar-refractivity contribution in [2.45, 2.75) is 33.4 Å². The summed E-state index contributed by atoms with van der Waals surface area (Å²) in [6, 6.07) is 11.1. The maximum atomic E-state index is 14.9. The van der Waals surface area contributed by atoms with E-state index in [0.29, 0.717) is 11.1 Å². The average Bonchev–Trinajstić information content (AvgIpc) is 2.76. The summed E-state index contributed by atoms with van der Waals surface area (Å²) in [4.78, 5) is 11.7. The minimum atomic E-state index is -1.06. The lowest BCUT2D eigenvalue weighted by atomic mass is 10.0. The van der Waals surface area contributed by atoms with E-state index in [1.54, 1.807) is 19.9 Å². The van der Waals surface area contributed by atoms with Gasteiger partial charge in [-0.25, -0.2) is 22.4 Å². The minimum Gasteiger partial charge on any atom is -0.479 e. The quantitative estimate of drug-likeness (QED) is 0.322. The van der Waals surface area contributed by atoms with Gasteiger partial charge in [0.1, 0.15) is 17.3 Å². The molecular formula is C25H23F4NO3. The minimum absolute atomic E-state index is 0.0695. The number of esters is 1. The number of halogens is 4. The third-order valence-corrected chi connectivity index (χ3v) is 4.72. The van der Waals surface area contributed by atoms with Crippen LogP contribution < -0.4 is 10.1 Å². The van der Waals surface area contributed by atoms with Gasteiger partial charge >= 0.3 is 5.97 Å². The first-order valence-corrected chi connectivity index (χ1v) is 10.2. The van der Waals surface area contributed by atoms with Gasteiger partial charge in [0.15, 0.2) is 24.0 Å². The first-order chi connectivity index (χ1) is 15.7. The molecule has 0 unspecified atom stereocenters. The molecule has 174 valence electrons. The first kappa shape index (κ1) is 24.1. The van der Waals surface area contributed by atoms with Crippen LogP contribution in [0.2, 0.25) is 0 Å². The van der Waals surface area contributed by atoms with E-state index < -0.39 is 41.5 Å². The largest absolute Gasteiger partial charge is 0.479 e. The third-order valence-electron chi connectivity index (χ3n) is 4.72. The second-order valence-electron chi connectivity index (χ2n) is 7.69. The van der Waals surface area contributed by atoms with Crippen LogP contribution in [0.25, 0.3) is 11.1 Å². The molecule has 0 amide bonds. The molecule has 0 aromatic heterocycles. The smallest absolute Gasteiger partial charge is 0.344 e. The van der Waals surface area contributed by atoms with Crippen LogP contribution in [0.5, 0.6) is 5.75 Å². The predicted octanol–water partition coefficient (Wildman–Crippen LogP) is 6.16. The molecule has 0 bridgehead atoms. The fourth-order valence-electron chi connectivity index (χ4n) is 3.18. The molecule has 0 radical (unpaired) electrons. The van der Waals surface area contributed by atoms with Crippen molar-refractivity contribution in [2.75, 3.05) is 11.9 Å². The van der Waals surface area contributed by atoms with Gasteiger partial charge in [-0.1, -0.05) is 18.2 Å². The zero-order valence-corrected chi connectivity index (χ0v) is 18.3. The highest BCUT2D eigenvalue weighted by Crippen LogP contribution is 2.31. The fourth-order valence-corrected chi connectivity index (χ4v) is 3.18. The van der Waals surface area contributed by atoms with Crippen molar-refractivity contribution in [1.29, 1.82) is 0 Å². The highest BCUT2D eigenvalue weighted by Gasteiger charge is 2.19. The van der Waals surface area contributed by atoms with E-state index in [1.807, 2.05) is 0 Å². The Morgan fingerprint density at radius 3 is 2.39 bits per heavy atom. The molecule has 0 aliphatic rings. The van der Waals surface area contributed by atoms with Crippen LogP contribution in [0.4, 0.5) is 23.2 Å². The Balaban J connectivity index is 1.81. The van der Waals surface area contributed by atoms with Gasteiger partial charge in [0, 0.05) is 12.1 Å². The zero-order chi connectivity index (χ0) is 24.1. The number of rotatable bonds is 8. The molecule has 1 N–H and O–H groups in total. The Morgan fingerprint density at radius 2 is 1.70 bits per heavy atom. The van der Waals surface area contributed by atoms with E-state index in [0.717, 1.165) is 6.07 Å². The van der Waals surface area contributed by atoms with Crippen LogP contribution in [0.15, 0.2) is 48.5 Å². The highest BCUT2D eigenvalue weighted by atomic mass is 19.1. The van der Waals surface area contributed by atoms with Crippen molar-refractivity contribution in [3.63, 3.8) is 0 Å². The lowest BCUT2D eigenvalue weighted by Crippen LogP contribution is -2.19. The second kappa shape index (κ2) is 10.4. The van der Waals surface area contributed by atoms with Crippen molar-refractivity contribution >= 4 is 11.7 Å². The lowest BCUT2D eigenvalue weighted by molar-refractivity contribution is -0.149. The Hall–Kier alpha value is -3.55. The van der Waals surface area contributed by atoms with E-state index in [-0.39, 0.29) is 29.5 Å². The van der Waals surface area contributed by atoms with Gasteiger partial charge in [-0.05, 0) is 67.8 Å². The predicted molar refractivity (Wildman–Crippen MR) is 117 cm³/mol. The van der Waals surface area contributed by atoms with Gasteiger partial charge in [-0.15, -0.1) is 0 Å². The summed E-state index contributed by atoms with van der Waals surface area (Å²) in [5.74, 6) is -4.00. The van der Waals surface area contributed by atoms with Crippen LogP contribution in [-0.4, -0.2) is 18.7 Å². The van der Waals surface area contributed by atoms with Crippen LogP contribution in [0, 0.1) is 30.2 Å². The molecule has 0 spiro atoms. The molecule has 0 saturated heterocycles. The summed E-state index contributed by atoms with van der Waals surface area (Å²) in [5.41, 5.74) is 0.761. The normalized spacial score (nSPS) is 10.9. The summed E-state index contributed by atoms with van der Waals surface area (Å²) >= 11 is 0. The van der Waals surface area contributed by atoms with Gasteiger partial charge in [-0.2, -0.15) is 0 Å². The van der Waals surface area contributed by atoms with Gasteiger partial charge < -0.3 is 14.8 Å². The average molecular weight is 461 g/mol. The maximum Gasteiger partial charge on any atom is 0.344 e. The van der Waals surface area contributed by atoms with E-state index in [1.165, 1.54) is 43.3 Å². The molecule has 8 heteroatoms. The lowest BCUT2D eigenvalue weighted by Gasteiger charge is -2.16. The summed E-state index contributed by atoms with van der Waals surface area (Å²) in [6.07, 6.45) is -0.365. The summed E-state index contributed by atoms with van der Waals surface area (Å²) in [5, 5.41) is 2.57. The van der Waals surface area contributed by atoms with Crippen molar-refractivity contribution in [3.8, 4) is 16.9 Å². The number of benzene rings is 3. The topological polar surface area (TPSA) is 47.6 Å².